The van der Waals surface area contributed by atoms with Crippen LogP contribution in [0.25, 0.3) is 0 Å². The average Bonchev–Trinajstić information content (AvgIpc) is 2.29. The summed E-state index contributed by atoms with van der Waals surface area (Å²) in [4.78, 5) is 24.5. The number of ether oxygens (including phenoxy) is 1. The summed E-state index contributed by atoms with van der Waals surface area (Å²) in [5.41, 5.74) is 0. The largest absolute Gasteiger partial charge is 0.378 e. The topological polar surface area (TPSA) is 70.7 Å². The van der Waals surface area contributed by atoms with E-state index in [9.17, 15) is 9.59 Å². The molecule has 1 aliphatic heterocycles. The van der Waals surface area contributed by atoms with Crippen molar-refractivity contribution in [2.45, 2.75) is 13.0 Å². The van der Waals surface area contributed by atoms with Crippen LogP contribution in [-0.4, -0.2) is 56.2 Å². The predicted molar refractivity (Wildman–Crippen MR) is 54.5 cm³/mol. The smallest absolute Gasteiger partial charge is 0.315 e. The van der Waals surface area contributed by atoms with Gasteiger partial charge >= 0.3 is 6.03 Å². The van der Waals surface area contributed by atoms with Crippen LogP contribution in [0.1, 0.15) is 6.92 Å². The van der Waals surface area contributed by atoms with Gasteiger partial charge in [0.25, 0.3) is 0 Å². The van der Waals surface area contributed by atoms with E-state index >= 15 is 0 Å². The van der Waals surface area contributed by atoms with Gasteiger partial charge in [-0.05, 0) is 6.92 Å². The van der Waals surface area contributed by atoms with Crippen molar-refractivity contribution < 1.29 is 14.3 Å². The van der Waals surface area contributed by atoms with Gasteiger partial charge in [0.1, 0.15) is 6.04 Å². The predicted octanol–water partition coefficient (Wildman–Crippen LogP) is -0.837. The summed E-state index contributed by atoms with van der Waals surface area (Å²) in [6.07, 6.45) is 0. The van der Waals surface area contributed by atoms with E-state index in [0.717, 1.165) is 0 Å². The van der Waals surface area contributed by atoms with E-state index in [-0.39, 0.29) is 11.9 Å². The molecule has 0 spiro atoms. The van der Waals surface area contributed by atoms with E-state index in [1.165, 1.54) is 7.05 Å². The van der Waals surface area contributed by atoms with E-state index in [4.69, 9.17) is 4.74 Å². The maximum atomic E-state index is 11.8. The van der Waals surface area contributed by atoms with Gasteiger partial charge in [-0.15, -0.1) is 0 Å². The van der Waals surface area contributed by atoms with Crippen LogP contribution >= 0.6 is 0 Å². The highest BCUT2D eigenvalue weighted by Gasteiger charge is 2.23. The number of urea groups is 1. The Morgan fingerprint density at radius 3 is 2.47 bits per heavy atom. The maximum absolute atomic E-state index is 11.8. The van der Waals surface area contributed by atoms with Gasteiger partial charge in [0, 0.05) is 20.1 Å². The second-order valence-electron chi connectivity index (χ2n) is 3.38. The molecule has 0 radical (unpaired) electrons. The molecule has 0 saturated carbocycles. The Bertz CT molecular complexity index is 239. The zero-order valence-corrected chi connectivity index (χ0v) is 9.08. The van der Waals surface area contributed by atoms with Gasteiger partial charge in [0.15, 0.2) is 0 Å². The highest BCUT2D eigenvalue weighted by Crippen LogP contribution is 2.00. The van der Waals surface area contributed by atoms with Gasteiger partial charge in [0.2, 0.25) is 5.91 Å². The zero-order chi connectivity index (χ0) is 11.3. The number of carbonyl (C=O) groups excluding carboxylic acids is 2. The van der Waals surface area contributed by atoms with Crippen molar-refractivity contribution in [2.24, 2.45) is 0 Å². The van der Waals surface area contributed by atoms with Gasteiger partial charge in [-0.3, -0.25) is 4.79 Å². The van der Waals surface area contributed by atoms with Crippen LogP contribution in [0.15, 0.2) is 0 Å². The van der Waals surface area contributed by atoms with Crippen molar-refractivity contribution in [3.05, 3.63) is 0 Å². The molecule has 1 rings (SSSR count). The Kier molecular flexibility index (Phi) is 4.36. The first-order valence-corrected chi connectivity index (χ1v) is 5.00. The number of rotatable bonds is 2. The molecule has 1 heterocycles. The van der Waals surface area contributed by atoms with Gasteiger partial charge in [-0.2, -0.15) is 0 Å². The Hall–Kier alpha value is -1.30. The molecule has 1 aliphatic rings. The number of nitrogens with zero attached hydrogens (tertiary/aromatic N) is 1. The number of nitrogens with one attached hydrogen (secondary N) is 2. The first kappa shape index (κ1) is 11.8. The van der Waals surface area contributed by atoms with Crippen molar-refractivity contribution in [3.8, 4) is 0 Å². The summed E-state index contributed by atoms with van der Waals surface area (Å²) >= 11 is 0. The summed E-state index contributed by atoms with van der Waals surface area (Å²) in [6.45, 7) is 4.00. The minimum absolute atomic E-state index is 0.0677. The fourth-order valence-electron chi connectivity index (χ4n) is 1.39. The molecule has 0 aliphatic carbocycles. The van der Waals surface area contributed by atoms with Gasteiger partial charge in [-0.1, -0.05) is 0 Å². The fraction of sp³-hybridized carbons (Fsp3) is 0.778. The van der Waals surface area contributed by atoms with E-state index in [1.54, 1.807) is 11.8 Å². The van der Waals surface area contributed by atoms with Crippen LogP contribution in [0.2, 0.25) is 0 Å². The molecule has 1 fully saturated rings. The minimum Gasteiger partial charge on any atom is -0.378 e. The van der Waals surface area contributed by atoms with Crippen LogP contribution < -0.4 is 10.6 Å². The molecule has 6 heteroatoms. The molecule has 1 saturated heterocycles. The lowest BCUT2D eigenvalue weighted by Gasteiger charge is -2.29. The number of carbonyl (C=O) groups is 2. The SMILES string of the molecule is CNC(=O)NC(C)C(=O)N1CCOCC1. The molecule has 6 nitrogen and oxygen atoms in total. The lowest BCUT2D eigenvalue weighted by Crippen LogP contribution is -2.51. The first-order chi connectivity index (χ1) is 7.15. The van der Waals surface area contributed by atoms with Gasteiger partial charge in [-0.25, -0.2) is 4.79 Å². The average molecular weight is 215 g/mol. The van der Waals surface area contributed by atoms with Crippen molar-refractivity contribution in [1.82, 2.24) is 15.5 Å². The van der Waals surface area contributed by atoms with Crippen molar-refractivity contribution in [3.63, 3.8) is 0 Å². The summed E-state index contributed by atoms with van der Waals surface area (Å²) < 4.78 is 5.14. The fourth-order valence-corrected chi connectivity index (χ4v) is 1.39. The number of amides is 3. The highest BCUT2D eigenvalue weighted by atomic mass is 16.5. The summed E-state index contributed by atoms with van der Waals surface area (Å²) in [5.74, 6) is -0.0677. The second kappa shape index (κ2) is 5.55. The van der Waals surface area contributed by atoms with Gasteiger partial charge < -0.3 is 20.3 Å². The molecule has 0 aromatic heterocycles. The van der Waals surface area contributed by atoms with E-state index in [0.29, 0.717) is 26.3 Å². The lowest BCUT2D eigenvalue weighted by atomic mass is 10.2. The molecule has 0 aromatic rings. The Balaban J connectivity index is 2.40. The third-order valence-electron chi connectivity index (χ3n) is 2.27. The molecule has 1 atom stereocenters. The monoisotopic (exact) mass is 215 g/mol. The zero-order valence-electron chi connectivity index (χ0n) is 9.08. The third kappa shape index (κ3) is 3.39. The molecule has 3 amide bonds. The Morgan fingerprint density at radius 1 is 1.33 bits per heavy atom. The molecular weight excluding hydrogens is 198 g/mol. The maximum Gasteiger partial charge on any atom is 0.315 e. The second-order valence-corrected chi connectivity index (χ2v) is 3.38. The number of morpholine rings is 1. The van der Waals surface area contributed by atoms with Crippen LogP contribution in [0.3, 0.4) is 0 Å². The molecule has 1 unspecified atom stereocenters. The van der Waals surface area contributed by atoms with Crippen molar-refractivity contribution in [1.29, 1.82) is 0 Å². The van der Waals surface area contributed by atoms with E-state index in [1.807, 2.05) is 0 Å². The van der Waals surface area contributed by atoms with E-state index < -0.39 is 6.04 Å². The van der Waals surface area contributed by atoms with E-state index in [2.05, 4.69) is 10.6 Å². The first-order valence-electron chi connectivity index (χ1n) is 5.00. The normalized spacial score (nSPS) is 18.1. The summed E-state index contributed by atoms with van der Waals surface area (Å²) in [5, 5.41) is 4.95. The van der Waals surface area contributed by atoms with Crippen LogP contribution in [0.4, 0.5) is 4.79 Å². The van der Waals surface area contributed by atoms with Crippen LogP contribution in [0.5, 0.6) is 0 Å². The van der Waals surface area contributed by atoms with Crippen LogP contribution in [-0.2, 0) is 9.53 Å². The minimum atomic E-state index is -0.497. The molecule has 15 heavy (non-hydrogen) atoms. The summed E-state index contributed by atoms with van der Waals surface area (Å²) in [7, 11) is 1.52. The van der Waals surface area contributed by atoms with Crippen molar-refractivity contribution in [2.75, 3.05) is 33.4 Å². The quantitative estimate of drug-likeness (QED) is 0.631. The molecule has 0 aromatic carbocycles. The van der Waals surface area contributed by atoms with Crippen molar-refractivity contribution >= 4 is 11.9 Å². The van der Waals surface area contributed by atoms with Crippen LogP contribution in [0, 0.1) is 0 Å². The molecular formula is C9H17N3O3. The number of hydrogen-bond donors (Lipinski definition) is 2. The highest BCUT2D eigenvalue weighted by molar-refractivity contribution is 5.86. The summed E-state index contributed by atoms with van der Waals surface area (Å²) in [6, 6.07) is -0.841. The molecule has 2 N–H and O–H groups in total. The van der Waals surface area contributed by atoms with Gasteiger partial charge in [0.05, 0.1) is 13.2 Å². The molecule has 86 valence electrons. The Morgan fingerprint density at radius 2 is 1.93 bits per heavy atom. The lowest BCUT2D eigenvalue weighted by molar-refractivity contribution is -0.136. The number of hydrogen-bond acceptors (Lipinski definition) is 3. The molecule has 0 bridgehead atoms. The standard InChI is InChI=1S/C9H17N3O3/c1-7(11-9(14)10-2)8(13)12-3-5-15-6-4-12/h7H,3-6H2,1-2H3,(H2,10,11,14). The third-order valence-corrected chi connectivity index (χ3v) is 2.27. The Labute approximate surface area is 88.9 Å².